The van der Waals surface area contributed by atoms with Crippen molar-refractivity contribution in [1.82, 2.24) is 5.01 Å². The van der Waals surface area contributed by atoms with Crippen molar-refractivity contribution in [2.75, 3.05) is 0 Å². The second-order valence-corrected chi connectivity index (χ2v) is 6.65. The van der Waals surface area contributed by atoms with Crippen LogP contribution in [0.25, 0.3) is 0 Å². The van der Waals surface area contributed by atoms with Gasteiger partial charge in [-0.2, -0.15) is 23.3 Å². The number of nitro benzene ring substituents is 1. The largest absolute Gasteiger partial charge is 0.482 e. The second kappa shape index (κ2) is 7.75. The van der Waals surface area contributed by atoms with Gasteiger partial charge in [-0.05, 0) is 36.2 Å². The van der Waals surface area contributed by atoms with Gasteiger partial charge in [-0.25, -0.2) is 0 Å². The first-order valence-corrected chi connectivity index (χ1v) is 8.66. The quantitative estimate of drug-likeness (QED) is 0.585. The molecule has 1 amide bonds. The Morgan fingerprint density at radius 2 is 2.07 bits per heavy atom. The van der Waals surface area contributed by atoms with Crippen LogP contribution in [0.4, 0.5) is 18.9 Å². The first kappa shape index (κ1) is 21.2. The highest BCUT2D eigenvalue weighted by Gasteiger charge is 2.61. The van der Waals surface area contributed by atoms with Crippen LogP contribution in [0.1, 0.15) is 27.9 Å². The average molecular weight is 423 g/mol. The van der Waals surface area contributed by atoms with Gasteiger partial charge in [0.05, 0.1) is 4.92 Å². The summed E-state index contributed by atoms with van der Waals surface area (Å²) in [5.74, 6) is -1.13. The molecule has 30 heavy (non-hydrogen) atoms. The summed E-state index contributed by atoms with van der Waals surface area (Å²) in [7, 11) is 0. The molecule has 1 atom stereocenters. The number of alkyl halides is 3. The molecule has 11 heteroatoms. The predicted molar refractivity (Wildman–Crippen MR) is 98.9 cm³/mol. The number of halogens is 3. The number of rotatable bonds is 5. The van der Waals surface area contributed by atoms with E-state index in [1.165, 1.54) is 30.3 Å². The minimum absolute atomic E-state index is 0.00220. The third kappa shape index (κ3) is 3.96. The molecule has 8 nitrogen and oxygen atoms in total. The number of amides is 1. The van der Waals surface area contributed by atoms with Crippen molar-refractivity contribution < 1.29 is 32.7 Å². The molecule has 0 radical (unpaired) electrons. The zero-order valence-electron chi connectivity index (χ0n) is 15.6. The van der Waals surface area contributed by atoms with Gasteiger partial charge in [-0.15, -0.1) is 0 Å². The van der Waals surface area contributed by atoms with Crippen molar-refractivity contribution in [3.05, 3.63) is 69.3 Å². The SMILES string of the molecule is Cc1ccc(OCc2cccc(C(=O)N3N=CCC3(O)C(F)(F)F)c2)c([N+](=O)[O-])c1. The van der Waals surface area contributed by atoms with E-state index >= 15 is 0 Å². The molecular formula is C19H16F3N3O5. The van der Waals surface area contributed by atoms with E-state index in [0.717, 1.165) is 6.21 Å². The third-order valence-electron chi connectivity index (χ3n) is 4.45. The minimum atomic E-state index is -5.09. The monoisotopic (exact) mass is 423 g/mol. The van der Waals surface area contributed by atoms with Gasteiger partial charge < -0.3 is 9.84 Å². The molecule has 0 saturated carbocycles. The lowest BCUT2D eigenvalue weighted by Gasteiger charge is -2.32. The summed E-state index contributed by atoms with van der Waals surface area (Å²) in [6.45, 7) is 1.52. The van der Waals surface area contributed by atoms with Crippen molar-refractivity contribution in [3.63, 3.8) is 0 Å². The van der Waals surface area contributed by atoms with Crippen LogP contribution in [0, 0.1) is 17.0 Å². The number of carbonyl (C=O) groups excluding carboxylic acids is 1. The molecule has 1 aliphatic heterocycles. The van der Waals surface area contributed by atoms with Crippen molar-refractivity contribution in [2.45, 2.75) is 31.9 Å². The molecule has 1 N–H and O–H groups in total. The number of carbonyl (C=O) groups is 1. The molecule has 0 aromatic heterocycles. The van der Waals surface area contributed by atoms with E-state index in [0.29, 0.717) is 11.1 Å². The molecule has 1 unspecified atom stereocenters. The molecule has 3 rings (SSSR count). The molecule has 0 saturated heterocycles. The van der Waals surface area contributed by atoms with Gasteiger partial charge in [0.1, 0.15) is 6.61 Å². The van der Waals surface area contributed by atoms with Crippen molar-refractivity contribution in [1.29, 1.82) is 0 Å². The standard InChI is InChI=1S/C19H16F3N3O5/c1-12-5-6-16(15(9-12)25(28)29)30-11-13-3-2-4-14(10-13)17(26)24-18(27,7-8-23-24)19(20,21)22/h2-6,8-10,27H,7,11H2,1H3. The van der Waals surface area contributed by atoms with Gasteiger partial charge in [0.2, 0.25) is 0 Å². The van der Waals surface area contributed by atoms with Crippen molar-refractivity contribution in [3.8, 4) is 5.75 Å². The summed E-state index contributed by atoms with van der Waals surface area (Å²) in [6, 6.07) is 9.91. The summed E-state index contributed by atoms with van der Waals surface area (Å²) in [5, 5.41) is 24.5. The molecule has 0 fully saturated rings. The Kier molecular flexibility index (Phi) is 5.49. The lowest BCUT2D eigenvalue weighted by Crippen LogP contribution is -2.56. The maximum Gasteiger partial charge on any atom is 0.438 e. The average Bonchev–Trinajstić information content (AvgIpc) is 3.09. The number of aryl methyl sites for hydroxylation is 1. The normalized spacial score (nSPS) is 18.5. The smallest absolute Gasteiger partial charge is 0.438 e. The number of benzene rings is 2. The number of hydrazone groups is 1. The van der Waals surface area contributed by atoms with Gasteiger partial charge in [-0.3, -0.25) is 14.9 Å². The van der Waals surface area contributed by atoms with Crippen LogP contribution >= 0.6 is 0 Å². The molecule has 0 aliphatic carbocycles. The van der Waals surface area contributed by atoms with Crippen LogP contribution in [0.5, 0.6) is 5.75 Å². The summed E-state index contributed by atoms with van der Waals surface area (Å²) in [5.41, 5.74) is -2.75. The van der Waals surface area contributed by atoms with Gasteiger partial charge in [0.15, 0.2) is 5.75 Å². The Morgan fingerprint density at radius 3 is 2.73 bits per heavy atom. The molecule has 0 spiro atoms. The molecule has 2 aromatic carbocycles. The summed E-state index contributed by atoms with van der Waals surface area (Å²) in [4.78, 5) is 23.1. The highest BCUT2D eigenvalue weighted by atomic mass is 19.4. The van der Waals surface area contributed by atoms with Crippen LogP contribution in [-0.4, -0.2) is 39.1 Å². The van der Waals surface area contributed by atoms with Crippen LogP contribution < -0.4 is 4.74 Å². The lowest BCUT2D eigenvalue weighted by molar-refractivity contribution is -0.386. The van der Waals surface area contributed by atoms with Crippen LogP contribution in [0.15, 0.2) is 47.6 Å². The Labute approximate surface area is 168 Å². The number of hydrogen-bond donors (Lipinski definition) is 1. The highest BCUT2D eigenvalue weighted by molar-refractivity contribution is 5.96. The first-order chi connectivity index (χ1) is 14.0. The van der Waals surface area contributed by atoms with Crippen LogP contribution in [-0.2, 0) is 6.61 Å². The first-order valence-electron chi connectivity index (χ1n) is 8.66. The van der Waals surface area contributed by atoms with E-state index in [4.69, 9.17) is 4.74 Å². The van der Waals surface area contributed by atoms with E-state index < -0.39 is 29.2 Å². The van der Waals surface area contributed by atoms with Crippen LogP contribution in [0.2, 0.25) is 0 Å². The van der Waals surface area contributed by atoms with E-state index in [1.54, 1.807) is 19.1 Å². The van der Waals surface area contributed by atoms with Gasteiger partial charge in [0, 0.05) is 24.3 Å². The molecule has 158 valence electrons. The number of nitrogens with zero attached hydrogens (tertiary/aromatic N) is 3. The Hall–Kier alpha value is -3.47. The van der Waals surface area contributed by atoms with Gasteiger partial charge in [0.25, 0.3) is 11.6 Å². The molecule has 1 aliphatic rings. The molecule has 2 aromatic rings. The number of aliphatic hydroxyl groups is 1. The Bertz CT molecular complexity index is 1020. The fourth-order valence-electron chi connectivity index (χ4n) is 2.86. The number of ether oxygens (including phenoxy) is 1. The van der Waals surface area contributed by atoms with Crippen LogP contribution in [0.3, 0.4) is 0 Å². The second-order valence-electron chi connectivity index (χ2n) is 6.65. The fourth-order valence-corrected chi connectivity index (χ4v) is 2.86. The maximum atomic E-state index is 13.2. The topological polar surface area (TPSA) is 105 Å². The number of nitro groups is 1. The fraction of sp³-hybridized carbons (Fsp3) is 0.263. The van der Waals surface area contributed by atoms with Crippen molar-refractivity contribution in [2.24, 2.45) is 5.10 Å². The Balaban J connectivity index is 1.80. The van der Waals surface area contributed by atoms with Gasteiger partial charge >= 0.3 is 11.9 Å². The van der Waals surface area contributed by atoms with E-state index in [9.17, 15) is 33.2 Å². The predicted octanol–water partition coefficient (Wildman–Crippen LogP) is 3.56. The summed E-state index contributed by atoms with van der Waals surface area (Å²) in [6.07, 6.45) is -5.15. The van der Waals surface area contributed by atoms with E-state index in [-0.39, 0.29) is 28.6 Å². The number of hydrogen-bond acceptors (Lipinski definition) is 6. The highest BCUT2D eigenvalue weighted by Crippen LogP contribution is 2.39. The maximum absolute atomic E-state index is 13.2. The summed E-state index contributed by atoms with van der Waals surface area (Å²) >= 11 is 0. The zero-order valence-corrected chi connectivity index (χ0v) is 15.6. The lowest BCUT2D eigenvalue weighted by atomic mass is 10.1. The third-order valence-corrected chi connectivity index (χ3v) is 4.45. The summed E-state index contributed by atoms with van der Waals surface area (Å²) < 4.78 is 45.0. The molecule has 0 bridgehead atoms. The zero-order chi connectivity index (χ0) is 22.1. The van der Waals surface area contributed by atoms with Gasteiger partial charge in [-0.1, -0.05) is 18.2 Å². The Morgan fingerprint density at radius 1 is 1.33 bits per heavy atom. The van der Waals surface area contributed by atoms with Crippen molar-refractivity contribution >= 4 is 17.8 Å². The molecule has 1 heterocycles. The van der Waals surface area contributed by atoms with E-state index in [2.05, 4.69) is 5.10 Å². The minimum Gasteiger partial charge on any atom is -0.482 e. The molecular weight excluding hydrogens is 407 g/mol. The van der Waals surface area contributed by atoms with E-state index in [1.807, 2.05) is 0 Å².